The Labute approximate surface area is 138 Å². The van der Waals surface area contributed by atoms with Crippen LogP contribution >= 0.6 is 0 Å². The van der Waals surface area contributed by atoms with E-state index < -0.39 is 0 Å². The monoisotopic (exact) mass is 321 g/mol. The largest absolute Gasteiger partial charge is 0.207 e. The highest BCUT2D eigenvalue weighted by Crippen LogP contribution is 2.29. The zero-order valence-corrected chi connectivity index (χ0v) is 13.7. The van der Waals surface area contributed by atoms with Crippen LogP contribution in [0.1, 0.15) is 11.1 Å². The fourth-order valence-electron chi connectivity index (χ4n) is 2.50. The Bertz CT molecular complexity index is 839. The van der Waals surface area contributed by atoms with Gasteiger partial charge in [-0.25, -0.2) is 8.78 Å². The van der Waals surface area contributed by atoms with Crippen LogP contribution in [-0.4, -0.2) is 10.2 Å². The zero-order chi connectivity index (χ0) is 16.4. The van der Waals surface area contributed by atoms with E-state index >= 15 is 0 Å². The van der Waals surface area contributed by atoms with Crippen molar-refractivity contribution in [3.8, 4) is 22.3 Å². The topological polar surface area (TPSA) is 0 Å². The summed E-state index contributed by atoms with van der Waals surface area (Å²) < 4.78 is 28.2. The minimum atomic E-state index is -0.352. The van der Waals surface area contributed by atoms with Gasteiger partial charge < -0.3 is 0 Å². The van der Waals surface area contributed by atoms with Crippen LogP contribution < -0.4 is 0 Å². The molecule has 3 rings (SSSR count). The summed E-state index contributed by atoms with van der Waals surface area (Å²) in [5.41, 5.74) is 4.43. The van der Waals surface area contributed by atoms with E-state index in [0.29, 0.717) is 16.7 Å². The lowest BCUT2D eigenvalue weighted by atomic mass is 9.98. The van der Waals surface area contributed by atoms with Gasteiger partial charge in [-0.15, -0.1) is 0 Å². The van der Waals surface area contributed by atoms with Crippen LogP contribution in [0.4, 0.5) is 8.78 Å². The fourth-order valence-corrected chi connectivity index (χ4v) is 2.74. The molecular formula is C20H15F2Si. The summed E-state index contributed by atoms with van der Waals surface area (Å²) in [7, 11) is 3.45. The molecule has 3 radical (unpaired) electrons. The first-order valence-corrected chi connectivity index (χ1v) is 8.09. The quantitative estimate of drug-likeness (QED) is 0.576. The van der Waals surface area contributed by atoms with Crippen molar-refractivity contribution < 1.29 is 8.78 Å². The molecule has 0 N–H and O–H groups in total. The summed E-state index contributed by atoms with van der Waals surface area (Å²) >= 11 is 0. The van der Waals surface area contributed by atoms with E-state index in [9.17, 15) is 8.78 Å². The van der Waals surface area contributed by atoms with Gasteiger partial charge in [-0.3, -0.25) is 0 Å². The van der Waals surface area contributed by atoms with Crippen molar-refractivity contribution in [2.45, 2.75) is 13.0 Å². The maximum Gasteiger partial charge on any atom is 0.131 e. The van der Waals surface area contributed by atoms with Crippen LogP contribution in [0.15, 0.2) is 60.7 Å². The first-order chi connectivity index (χ1) is 11.1. The first-order valence-electron chi connectivity index (χ1n) is 7.38. The smallest absolute Gasteiger partial charge is 0.131 e. The van der Waals surface area contributed by atoms with Crippen LogP contribution in [0.2, 0.25) is 0 Å². The molecule has 3 aromatic rings. The molecule has 0 aliphatic carbocycles. The van der Waals surface area contributed by atoms with Crippen molar-refractivity contribution in [3.05, 3.63) is 83.4 Å². The number of halogens is 2. The molecule has 3 heteroatoms. The van der Waals surface area contributed by atoms with Gasteiger partial charge in [0.25, 0.3) is 0 Å². The van der Waals surface area contributed by atoms with Gasteiger partial charge in [-0.2, -0.15) is 0 Å². The van der Waals surface area contributed by atoms with Gasteiger partial charge in [0.1, 0.15) is 11.6 Å². The Morgan fingerprint density at radius 3 is 1.96 bits per heavy atom. The van der Waals surface area contributed by atoms with Crippen LogP contribution in [0.5, 0.6) is 0 Å². The highest BCUT2D eigenvalue weighted by atomic mass is 28.1. The summed E-state index contributed by atoms with van der Waals surface area (Å²) in [6.45, 7) is 1.69. The third kappa shape index (κ3) is 3.25. The van der Waals surface area contributed by atoms with Gasteiger partial charge >= 0.3 is 0 Å². The van der Waals surface area contributed by atoms with Gasteiger partial charge in [0, 0.05) is 15.8 Å². The number of hydrogen-bond acceptors (Lipinski definition) is 0. The molecule has 0 atom stereocenters. The van der Waals surface area contributed by atoms with Crippen LogP contribution in [0.3, 0.4) is 0 Å². The maximum atomic E-state index is 14.5. The number of benzene rings is 3. The van der Waals surface area contributed by atoms with Gasteiger partial charge in [0.2, 0.25) is 0 Å². The maximum absolute atomic E-state index is 14.5. The molecule has 0 saturated heterocycles. The molecule has 0 saturated carbocycles. The molecule has 113 valence electrons. The average Bonchev–Trinajstić information content (AvgIpc) is 2.57. The molecule has 0 unspecified atom stereocenters. The highest BCUT2D eigenvalue weighted by molar-refractivity contribution is 6.08. The second-order valence-corrected chi connectivity index (χ2v) is 5.89. The molecule has 3 aromatic carbocycles. The van der Waals surface area contributed by atoms with E-state index in [0.717, 1.165) is 22.7 Å². The van der Waals surface area contributed by atoms with Gasteiger partial charge in [0.05, 0.1) is 0 Å². The molecule has 0 bridgehead atoms. The predicted octanol–water partition coefficient (Wildman–Crippen LogP) is 5.28. The molecule has 0 nitrogen and oxygen atoms in total. The summed E-state index contributed by atoms with van der Waals surface area (Å²) in [6.07, 6.45) is 0. The van der Waals surface area contributed by atoms with E-state index in [-0.39, 0.29) is 11.6 Å². The number of hydrogen-bond donors (Lipinski definition) is 0. The predicted molar refractivity (Wildman–Crippen MR) is 91.4 cm³/mol. The van der Waals surface area contributed by atoms with Crippen LogP contribution in [0, 0.1) is 18.6 Å². The summed E-state index contributed by atoms with van der Waals surface area (Å²) in [4.78, 5) is 0. The van der Waals surface area contributed by atoms with Gasteiger partial charge in [-0.1, -0.05) is 54.1 Å². The second-order valence-electron chi connectivity index (χ2n) is 5.53. The molecule has 0 heterocycles. The van der Waals surface area contributed by atoms with Crippen molar-refractivity contribution in [2.75, 3.05) is 0 Å². The van der Waals surface area contributed by atoms with Crippen molar-refractivity contribution in [3.63, 3.8) is 0 Å². The minimum Gasteiger partial charge on any atom is -0.207 e. The standard InChI is InChI=1S/C20H15F2Si/c1-13-2-5-17(11-19(13)21)18-9-8-16(10-20(18)22)15-6-3-14(12-23)4-7-15/h2-11H,12H2,1H3. The fraction of sp³-hybridized carbons (Fsp3) is 0.100. The Morgan fingerprint density at radius 2 is 1.35 bits per heavy atom. The molecule has 0 aliphatic heterocycles. The van der Waals surface area contributed by atoms with Gasteiger partial charge in [0.15, 0.2) is 0 Å². The summed E-state index contributed by atoms with van der Waals surface area (Å²) in [5, 5.41) is 0. The Kier molecular flexibility index (Phi) is 4.39. The van der Waals surface area contributed by atoms with Gasteiger partial charge in [-0.05, 0) is 47.4 Å². The third-order valence-corrected chi connectivity index (χ3v) is 4.35. The van der Waals surface area contributed by atoms with E-state index in [4.69, 9.17) is 0 Å². The lowest BCUT2D eigenvalue weighted by molar-refractivity contribution is 0.617. The van der Waals surface area contributed by atoms with Crippen LogP contribution in [-0.2, 0) is 6.04 Å². The second kappa shape index (κ2) is 6.47. The van der Waals surface area contributed by atoms with E-state index in [1.165, 1.54) is 12.1 Å². The molecule has 0 spiro atoms. The lowest BCUT2D eigenvalue weighted by Crippen LogP contribution is -1.90. The normalized spacial score (nSPS) is 10.8. The first kappa shape index (κ1) is 15.6. The minimum absolute atomic E-state index is 0.323. The van der Waals surface area contributed by atoms with E-state index in [1.807, 2.05) is 30.3 Å². The zero-order valence-electron chi connectivity index (χ0n) is 12.7. The molecule has 0 fully saturated rings. The third-order valence-electron chi connectivity index (χ3n) is 3.94. The Hall–Kier alpha value is -2.26. The van der Waals surface area contributed by atoms with E-state index in [1.54, 1.807) is 25.1 Å². The summed E-state index contributed by atoms with van der Waals surface area (Å²) in [6, 6.07) is 18.6. The van der Waals surface area contributed by atoms with Crippen molar-refractivity contribution in [1.29, 1.82) is 0 Å². The average molecular weight is 321 g/mol. The molecule has 0 aromatic heterocycles. The Balaban J connectivity index is 1.98. The highest BCUT2D eigenvalue weighted by Gasteiger charge is 2.09. The van der Waals surface area contributed by atoms with E-state index in [2.05, 4.69) is 10.2 Å². The SMILES string of the molecule is Cc1ccc(-c2ccc(-c3ccc(C[Si])cc3)cc2F)cc1F. The van der Waals surface area contributed by atoms with Crippen molar-refractivity contribution >= 4 is 10.2 Å². The molecule has 0 aliphatic rings. The lowest BCUT2D eigenvalue weighted by Gasteiger charge is -2.08. The Morgan fingerprint density at radius 1 is 0.739 bits per heavy atom. The van der Waals surface area contributed by atoms with Crippen molar-refractivity contribution in [2.24, 2.45) is 0 Å². The van der Waals surface area contributed by atoms with Crippen LogP contribution in [0.25, 0.3) is 22.3 Å². The molecule has 0 amide bonds. The number of rotatable bonds is 3. The molecule has 23 heavy (non-hydrogen) atoms. The molecular weight excluding hydrogens is 306 g/mol. The summed E-state index contributed by atoms with van der Waals surface area (Å²) in [5.74, 6) is -0.675. The van der Waals surface area contributed by atoms with Crippen molar-refractivity contribution in [1.82, 2.24) is 0 Å². The number of aryl methyl sites for hydroxylation is 1.